The molecule has 0 atom stereocenters. The fraction of sp³-hybridized carbons (Fsp3) is 0.278. The number of ether oxygens (including phenoxy) is 1. The summed E-state index contributed by atoms with van der Waals surface area (Å²) < 4.78 is 6.18. The summed E-state index contributed by atoms with van der Waals surface area (Å²) in [6, 6.07) is 6.95. The van der Waals surface area contributed by atoms with Gasteiger partial charge in [-0.25, -0.2) is 4.98 Å². The Balaban J connectivity index is 1.46. The van der Waals surface area contributed by atoms with Crippen LogP contribution >= 0.6 is 34.4 Å². The lowest BCUT2D eigenvalue weighted by atomic mass is 10.2. The van der Waals surface area contributed by atoms with Gasteiger partial charge in [0.05, 0.1) is 12.4 Å². The van der Waals surface area contributed by atoms with Gasteiger partial charge in [-0.2, -0.15) is 0 Å². The number of anilines is 2. The Morgan fingerprint density at radius 2 is 1.97 bits per heavy atom. The minimum atomic E-state index is -0.278. The molecule has 2 amide bonds. The maximum absolute atomic E-state index is 12.3. The number of nitrogens with one attached hydrogen (secondary N) is 2. The van der Waals surface area contributed by atoms with E-state index in [0.717, 1.165) is 18.6 Å². The minimum Gasteiger partial charge on any atom is -0.494 e. The summed E-state index contributed by atoms with van der Waals surface area (Å²) in [6.45, 7) is 2.76. The molecule has 0 fully saturated rings. The SMILES string of the molecule is CCCCOc1ccc(C(=O)Nc2nnc(SCC(=O)Nc3nccs3)s2)cc1. The third-order valence-corrected chi connectivity index (χ3v) is 6.18. The van der Waals surface area contributed by atoms with E-state index in [1.807, 2.05) is 0 Å². The molecule has 0 bridgehead atoms. The molecule has 0 aliphatic carbocycles. The maximum Gasteiger partial charge on any atom is 0.257 e. The number of hydrogen-bond donors (Lipinski definition) is 2. The van der Waals surface area contributed by atoms with Gasteiger partial charge in [0.25, 0.3) is 5.91 Å². The third kappa shape index (κ3) is 6.80. The van der Waals surface area contributed by atoms with E-state index in [9.17, 15) is 9.59 Å². The molecule has 3 aromatic rings. The number of thiazole rings is 1. The predicted octanol–water partition coefficient (Wildman–Crippen LogP) is 4.16. The van der Waals surface area contributed by atoms with Gasteiger partial charge in [0.2, 0.25) is 11.0 Å². The number of thioether (sulfide) groups is 1. The summed E-state index contributed by atoms with van der Waals surface area (Å²) in [5.41, 5.74) is 0.500. The first kappa shape index (κ1) is 21.2. The molecule has 0 radical (unpaired) electrons. The van der Waals surface area contributed by atoms with Crippen molar-refractivity contribution in [3.8, 4) is 5.75 Å². The molecule has 0 spiro atoms. The number of aromatic nitrogens is 3. The molecule has 0 unspecified atom stereocenters. The summed E-state index contributed by atoms with van der Waals surface area (Å²) in [7, 11) is 0. The lowest BCUT2D eigenvalue weighted by Gasteiger charge is -2.06. The summed E-state index contributed by atoms with van der Waals surface area (Å²) >= 11 is 3.82. The highest BCUT2D eigenvalue weighted by atomic mass is 32.2. The Kier molecular flexibility index (Phi) is 7.96. The van der Waals surface area contributed by atoms with Crippen LogP contribution in [0.25, 0.3) is 0 Å². The molecule has 2 N–H and O–H groups in total. The molecule has 8 nitrogen and oxygen atoms in total. The van der Waals surface area contributed by atoms with Crippen LogP contribution < -0.4 is 15.4 Å². The molecular weight excluding hydrogens is 430 g/mol. The Hall–Kier alpha value is -2.50. The number of carbonyl (C=O) groups is 2. The van der Waals surface area contributed by atoms with Crippen molar-refractivity contribution in [1.82, 2.24) is 15.2 Å². The Morgan fingerprint density at radius 1 is 1.14 bits per heavy atom. The first-order valence-corrected chi connectivity index (χ1v) is 11.5. The summed E-state index contributed by atoms with van der Waals surface area (Å²) in [5.74, 6) is 0.466. The molecule has 11 heteroatoms. The van der Waals surface area contributed by atoms with Gasteiger partial charge in [0.1, 0.15) is 5.75 Å². The van der Waals surface area contributed by atoms with Crippen LogP contribution in [0.1, 0.15) is 30.1 Å². The number of rotatable bonds is 10. The highest BCUT2D eigenvalue weighted by Crippen LogP contribution is 2.26. The molecule has 29 heavy (non-hydrogen) atoms. The van der Waals surface area contributed by atoms with Crippen LogP contribution in [0.5, 0.6) is 5.75 Å². The molecule has 0 aliphatic heterocycles. The van der Waals surface area contributed by atoms with Crippen molar-refractivity contribution in [3.05, 3.63) is 41.4 Å². The minimum absolute atomic E-state index is 0.174. The van der Waals surface area contributed by atoms with Crippen molar-refractivity contribution in [3.63, 3.8) is 0 Å². The van der Waals surface area contributed by atoms with Crippen LogP contribution in [0.2, 0.25) is 0 Å². The summed E-state index contributed by atoms with van der Waals surface area (Å²) in [6.07, 6.45) is 3.69. The largest absolute Gasteiger partial charge is 0.494 e. The van der Waals surface area contributed by atoms with Crippen LogP contribution in [0.3, 0.4) is 0 Å². The van der Waals surface area contributed by atoms with Gasteiger partial charge in [-0.15, -0.1) is 21.5 Å². The number of carbonyl (C=O) groups excluding carboxylic acids is 2. The van der Waals surface area contributed by atoms with Crippen molar-refractivity contribution >= 4 is 56.5 Å². The zero-order valence-electron chi connectivity index (χ0n) is 15.6. The van der Waals surface area contributed by atoms with E-state index in [1.165, 1.54) is 34.4 Å². The number of benzene rings is 1. The van der Waals surface area contributed by atoms with E-state index in [2.05, 4.69) is 32.7 Å². The Labute approximate surface area is 180 Å². The highest BCUT2D eigenvalue weighted by molar-refractivity contribution is 8.01. The topological polar surface area (TPSA) is 106 Å². The van der Waals surface area contributed by atoms with Crippen molar-refractivity contribution < 1.29 is 14.3 Å². The molecule has 3 rings (SSSR count). The fourth-order valence-electron chi connectivity index (χ4n) is 2.09. The Morgan fingerprint density at radius 3 is 2.69 bits per heavy atom. The fourth-order valence-corrected chi connectivity index (χ4v) is 4.18. The van der Waals surface area contributed by atoms with Gasteiger partial charge in [-0.05, 0) is 30.7 Å². The van der Waals surface area contributed by atoms with Gasteiger partial charge < -0.3 is 10.1 Å². The average Bonchev–Trinajstić information content (AvgIpc) is 3.39. The molecule has 2 heterocycles. The van der Waals surface area contributed by atoms with Gasteiger partial charge in [-0.1, -0.05) is 36.4 Å². The van der Waals surface area contributed by atoms with Gasteiger partial charge >= 0.3 is 0 Å². The van der Waals surface area contributed by atoms with Crippen LogP contribution in [-0.4, -0.2) is 39.4 Å². The molecule has 0 saturated carbocycles. The van der Waals surface area contributed by atoms with Crippen LogP contribution in [-0.2, 0) is 4.79 Å². The third-order valence-electron chi connectivity index (χ3n) is 3.52. The zero-order chi connectivity index (χ0) is 20.5. The van der Waals surface area contributed by atoms with E-state index >= 15 is 0 Å². The second-order valence-corrected chi connectivity index (χ2v) is 8.82. The normalized spacial score (nSPS) is 10.5. The van der Waals surface area contributed by atoms with E-state index in [-0.39, 0.29) is 17.6 Å². The molecular formula is C18H19N5O3S3. The van der Waals surface area contributed by atoms with E-state index < -0.39 is 0 Å². The lowest BCUT2D eigenvalue weighted by Crippen LogP contribution is -2.13. The summed E-state index contributed by atoms with van der Waals surface area (Å²) in [5, 5.41) is 16.1. The number of hydrogen-bond acceptors (Lipinski definition) is 9. The monoisotopic (exact) mass is 449 g/mol. The first-order chi connectivity index (χ1) is 14.1. The maximum atomic E-state index is 12.3. The quantitative estimate of drug-likeness (QED) is 0.272. The van der Waals surface area contributed by atoms with Gasteiger partial charge in [0, 0.05) is 17.1 Å². The second kappa shape index (κ2) is 10.9. The zero-order valence-corrected chi connectivity index (χ0v) is 18.0. The molecule has 2 aromatic heterocycles. The van der Waals surface area contributed by atoms with Gasteiger partial charge in [-0.3, -0.25) is 14.9 Å². The average molecular weight is 450 g/mol. The van der Waals surface area contributed by atoms with Crippen LogP contribution in [0.15, 0.2) is 40.2 Å². The standard InChI is InChI=1S/C18H19N5O3S3/c1-2-3-9-26-13-6-4-12(5-7-13)15(25)21-17-22-23-18(29-17)28-11-14(24)20-16-19-8-10-27-16/h4-8,10H,2-3,9,11H2,1H3,(H,19,20,24)(H,21,22,25). The van der Waals surface area contributed by atoms with Crippen molar-refractivity contribution in [2.24, 2.45) is 0 Å². The van der Waals surface area contributed by atoms with Crippen LogP contribution in [0.4, 0.5) is 10.3 Å². The Bertz CT molecular complexity index is 929. The van der Waals surface area contributed by atoms with Crippen molar-refractivity contribution in [2.75, 3.05) is 23.0 Å². The van der Waals surface area contributed by atoms with E-state index in [1.54, 1.807) is 35.8 Å². The number of nitrogens with zero attached hydrogens (tertiary/aromatic N) is 3. The predicted molar refractivity (Wildman–Crippen MR) is 116 cm³/mol. The number of unbranched alkanes of at least 4 members (excludes halogenated alkanes) is 1. The van der Waals surface area contributed by atoms with Gasteiger partial charge in [0.15, 0.2) is 9.47 Å². The number of amides is 2. The second-order valence-electron chi connectivity index (χ2n) is 5.73. The van der Waals surface area contributed by atoms with Crippen LogP contribution in [0, 0.1) is 0 Å². The van der Waals surface area contributed by atoms with Crippen molar-refractivity contribution in [2.45, 2.75) is 24.1 Å². The first-order valence-electron chi connectivity index (χ1n) is 8.84. The lowest BCUT2D eigenvalue weighted by molar-refractivity contribution is -0.113. The highest BCUT2D eigenvalue weighted by Gasteiger charge is 2.12. The molecule has 0 saturated heterocycles. The van der Waals surface area contributed by atoms with Crippen molar-refractivity contribution in [1.29, 1.82) is 0 Å². The van der Waals surface area contributed by atoms with E-state index in [0.29, 0.717) is 26.8 Å². The molecule has 152 valence electrons. The van der Waals surface area contributed by atoms with E-state index in [4.69, 9.17) is 4.74 Å². The molecule has 1 aromatic carbocycles. The smallest absolute Gasteiger partial charge is 0.257 e. The summed E-state index contributed by atoms with van der Waals surface area (Å²) in [4.78, 5) is 28.2. The molecule has 0 aliphatic rings.